The first-order chi connectivity index (χ1) is 20.1. The summed E-state index contributed by atoms with van der Waals surface area (Å²) in [5, 5.41) is 4.23. The Morgan fingerprint density at radius 1 is 1.10 bits per heavy atom. The summed E-state index contributed by atoms with van der Waals surface area (Å²) in [6.45, 7) is 7.27. The van der Waals surface area contributed by atoms with E-state index < -0.39 is 0 Å². The lowest BCUT2D eigenvalue weighted by Crippen LogP contribution is -2.29. The van der Waals surface area contributed by atoms with Gasteiger partial charge in [0.25, 0.3) is 11.8 Å². The first kappa shape index (κ1) is 28.8. The Hall–Kier alpha value is -3.26. The number of amides is 2. The lowest BCUT2D eigenvalue weighted by Gasteiger charge is -2.33. The molecule has 0 fully saturated rings. The van der Waals surface area contributed by atoms with Crippen molar-refractivity contribution in [2.24, 2.45) is 16.3 Å². The zero-order valence-electron chi connectivity index (χ0n) is 23.7. The van der Waals surface area contributed by atoms with Crippen LogP contribution >= 0.6 is 38.9 Å². The van der Waals surface area contributed by atoms with Gasteiger partial charge in [0.15, 0.2) is 0 Å². The fraction of sp³-hybridized carbons (Fsp3) is 0.265. The molecule has 1 atom stereocenters. The molecule has 4 aromatic rings. The van der Waals surface area contributed by atoms with Crippen LogP contribution in [0.4, 0.5) is 16.4 Å². The average Bonchev–Trinajstić information content (AvgIpc) is 3.44. The largest absolute Gasteiger partial charge is 0.322 e. The molecule has 0 radical (unpaired) electrons. The third kappa shape index (κ3) is 5.70. The summed E-state index contributed by atoms with van der Waals surface area (Å²) in [6.07, 6.45) is 2.70. The summed E-state index contributed by atoms with van der Waals surface area (Å²) in [6, 6.07) is 22.8. The van der Waals surface area contributed by atoms with Crippen molar-refractivity contribution in [1.29, 1.82) is 0 Å². The minimum Gasteiger partial charge on any atom is -0.322 e. The molecule has 6 rings (SSSR count). The molecular weight excluding hydrogens is 630 g/mol. The van der Waals surface area contributed by atoms with Crippen LogP contribution in [-0.4, -0.2) is 17.5 Å². The number of fused-ring (bicyclic) bond motifs is 2. The van der Waals surface area contributed by atoms with Gasteiger partial charge >= 0.3 is 0 Å². The predicted octanol–water partition coefficient (Wildman–Crippen LogP) is 9.23. The minimum atomic E-state index is -0.218. The van der Waals surface area contributed by atoms with Crippen molar-refractivity contribution < 1.29 is 9.59 Å². The standard InChI is InChI=1S/C34H31BrClN3O2S/c1-34(2,3)21-9-15-25-28(17-21)42-32(29(25)31(40)37-24-13-11-23(36)12-14-24)38-30-26-18-22(35)10-16-27(26)39(33(30)41)19-20-7-5-4-6-8-20/h4-8,10-14,16,18,21H,9,15,17,19H2,1-3H3,(H,37,40)/t21-/m0/s1. The molecule has 0 saturated carbocycles. The molecule has 1 aliphatic heterocycles. The third-order valence-electron chi connectivity index (χ3n) is 8.15. The Morgan fingerprint density at radius 2 is 1.83 bits per heavy atom. The van der Waals surface area contributed by atoms with Crippen molar-refractivity contribution >= 4 is 72.8 Å². The Balaban J connectivity index is 1.44. The van der Waals surface area contributed by atoms with Crippen LogP contribution in [0.1, 0.15) is 59.1 Å². The van der Waals surface area contributed by atoms with Gasteiger partial charge in [-0.15, -0.1) is 11.3 Å². The molecule has 0 bridgehead atoms. The first-order valence-electron chi connectivity index (χ1n) is 14.0. The van der Waals surface area contributed by atoms with Gasteiger partial charge in [-0.3, -0.25) is 9.59 Å². The smallest absolute Gasteiger partial charge is 0.277 e. The van der Waals surface area contributed by atoms with Gasteiger partial charge in [-0.25, -0.2) is 4.99 Å². The van der Waals surface area contributed by atoms with E-state index in [1.54, 1.807) is 40.5 Å². The molecule has 2 heterocycles. The third-order valence-corrected chi connectivity index (χ3v) is 10.0. The molecule has 1 aliphatic carbocycles. The molecule has 2 amide bonds. The van der Waals surface area contributed by atoms with Crippen LogP contribution in [0.25, 0.3) is 0 Å². The highest BCUT2D eigenvalue weighted by Gasteiger charge is 2.37. The van der Waals surface area contributed by atoms with Crippen molar-refractivity contribution in [2.75, 3.05) is 10.2 Å². The number of hydrogen-bond donors (Lipinski definition) is 1. The monoisotopic (exact) mass is 659 g/mol. The molecule has 0 saturated heterocycles. The first-order valence-corrected chi connectivity index (χ1v) is 16.0. The second-order valence-electron chi connectivity index (χ2n) is 11.9. The number of aliphatic imine (C=N–C) groups is 1. The van der Waals surface area contributed by atoms with Crippen molar-refractivity contribution in [3.63, 3.8) is 0 Å². The van der Waals surface area contributed by atoms with Crippen LogP contribution in [0, 0.1) is 11.3 Å². The number of carbonyl (C=O) groups excluding carboxylic acids is 2. The second kappa shape index (κ2) is 11.4. The highest BCUT2D eigenvalue weighted by atomic mass is 79.9. The maximum absolute atomic E-state index is 14.0. The van der Waals surface area contributed by atoms with Crippen LogP contribution in [0.5, 0.6) is 0 Å². The van der Waals surface area contributed by atoms with E-state index in [4.69, 9.17) is 16.6 Å². The number of rotatable bonds is 5. The molecule has 5 nitrogen and oxygen atoms in total. The summed E-state index contributed by atoms with van der Waals surface area (Å²) in [5.74, 6) is 0.113. The number of hydrogen-bond acceptors (Lipinski definition) is 4. The number of thiophene rings is 1. The van der Waals surface area contributed by atoms with Crippen molar-refractivity contribution in [1.82, 2.24) is 0 Å². The minimum absolute atomic E-state index is 0.157. The fourth-order valence-electron chi connectivity index (χ4n) is 5.77. The Labute approximate surface area is 263 Å². The van der Waals surface area contributed by atoms with E-state index in [1.165, 1.54) is 4.88 Å². The van der Waals surface area contributed by atoms with Gasteiger partial charge in [0.2, 0.25) is 0 Å². The van der Waals surface area contributed by atoms with Crippen LogP contribution in [0.15, 0.2) is 82.3 Å². The van der Waals surface area contributed by atoms with Crippen molar-refractivity contribution in [2.45, 2.75) is 46.6 Å². The number of nitrogens with one attached hydrogen (secondary N) is 1. The van der Waals surface area contributed by atoms with E-state index in [0.29, 0.717) is 39.4 Å². The van der Waals surface area contributed by atoms with E-state index >= 15 is 0 Å². The summed E-state index contributed by atoms with van der Waals surface area (Å²) in [5.41, 5.74) is 5.39. The summed E-state index contributed by atoms with van der Waals surface area (Å²) >= 11 is 11.2. The van der Waals surface area contributed by atoms with Crippen LogP contribution < -0.4 is 10.2 Å². The van der Waals surface area contributed by atoms with Gasteiger partial charge in [0, 0.05) is 25.6 Å². The lowest BCUT2D eigenvalue weighted by atomic mass is 9.72. The topological polar surface area (TPSA) is 61.8 Å². The molecule has 8 heteroatoms. The Morgan fingerprint density at radius 3 is 2.55 bits per heavy atom. The van der Waals surface area contributed by atoms with Crippen LogP contribution in [-0.2, 0) is 24.2 Å². The molecule has 1 aromatic heterocycles. The quantitative estimate of drug-likeness (QED) is 0.232. The van der Waals surface area contributed by atoms with Gasteiger partial charge in [0.05, 0.1) is 17.8 Å². The average molecular weight is 661 g/mol. The van der Waals surface area contributed by atoms with Gasteiger partial charge in [-0.2, -0.15) is 0 Å². The van der Waals surface area contributed by atoms with Crippen molar-refractivity contribution in [3.05, 3.63) is 109 Å². The highest BCUT2D eigenvalue weighted by Crippen LogP contribution is 2.46. The normalized spacial score (nSPS) is 17.4. The molecule has 0 spiro atoms. The number of anilines is 2. The van der Waals surface area contributed by atoms with E-state index in [-0.39, 0.29) is 17.2 Å². The molecule has 42 heavy (non-hydrogen) atoms. The number of carbonyl (C=O) groups is 2. The molecule has 2 aliphatic rings. The maximum atomic E-state index is 14.0. The molecular formula is C34H31BrClN3O2S. The maximum Gasteiger partial charge on any atom is 0.277 e. The number of benzene rings is 3. The molecule has 1 N–H and O–H groups in total. The number of halogens is 2. The lowest BCUT2D eigenvalue weighted by molar-refractivity contribution is -0.112. The Kier molecular flexibility index (Phi) is 7.85. The Bertz CT molecular complexity index is 1710. The number of nitrogens with zero attached hydrogens (tertiary/aromatic N) is 2. The van der Waals surface area contributed by atoms with Crippen LogP contribution in [0.2, 0.25) is 5.02 Å². The van der Waals surface area contributed by atoms with Crippen LogP contribution in [0.3, 0.4) is 0 Å². The summed E-state index contributed by atoms with van der Waals surface area (Å²) in [7, 11) is 0. The summed E-state index contributed by atoms with van der Waals surface area (Å²) in [4.78, 5) is 35.8. The summed E-state index contributed by atoms with van der Waals surface area (Å²) < 4.78 is 0.863. The zero-order valence-corrected chi connectivity index (χ0v) is 26.9. The van der Waals surface area contributed by atoms with Gasteiger partial charge < -0.3 is 10.2 Å². The fourth-order valence-corrected chi connectivity index (χ4v) is 7.56. The zero-order chi connectivity index (χ0) is 29.6. The molecule has 3 aromatic carbocycles. The van der Waals surface area contributed by atoms with Gasteiger partial charge in [0.1, 0.15) is 10.7 Å². The van der Waals surface area contributed by atoms with E-state index in [1.807, 2.05) is 48.5 Å². The molecule has 214 valence electrons. The SMILES string of the molecule is CC(C)(C)[C@H]1CCc2c(sc(N=C3C(=O)N(Cc4ccccc4)c4ccc(Br)cc43)c2C(=O)Nc2ccc(Cl)cc2)C1. The molecule has 0 unspecified atom stereocenters. The van der Waals surface area contributed by atoms with E-state index in [2.05, 4.69) is 42.0 Å². The van der Waals surface area contributed by atoms with Gasteiger partial charge in [-0.1, -0.05) is 78.6 Å². The second-order valence-corrected chi connectivity index (χ2v) is 14.4. The van der Waals surface area contributed by atoms with E-state index in [0.717, 1.165) is 46.1 Å². The van der Waals surface area contributed by atoms with Crippen molar-refractivity contribution in [3.8, 4) is 0 Å². The highest BCUT2D eigenvalue weighted by molar-refractivity contribution is 9.10. The van der Waals surface area contributed by atoms with Gasteiger partial charge in [-0.05, 0) is 84.2 Å². The van der Waals surface area contributed by atoms with E-state index in [9.17, 15) is 9.59 Å². The predicted molar refractivity (Wildman–Crippen MR) is 177 cm³/mol.